The van der Waals surface area contributed by atoms with Crippen molar-refractivity contribution in [2.24, 2.45) is 0 Å². The average molecular weight is 234 g/mol. The predicted molar refractivity (Wildman–Crippen MR) is 76.8 cm³/mol. The lowest BCUT2D eigenvalue weighted by Crippen LogP contribution is -2.32. The fourth-order valence-electron chi connectivity index (χ4n) is 2.01. The predicted octanol–water partition coefficient (Wildman–Crippen LogP) is 3.21. The van der Waals surface area contributed by atoms with Gasteiger partial charge in [-0.3, -0.25) is 0 Å². The van der Waals surface area contributed by atoms with E-state index in [0.717, 1.165) is 26.2 Å². The Morgan fingerprint density at radius 3 is 2.53 bits per heavy atom. The van der Waals surface area contributed by atoms with Gasteiger partial charge in [-0.1, -0.05) is 31.5 Å². The lowest BCUT2D eigenvalue weighted by atomic mass is 10.2. The summed E-state index contributed by atoms with van der Waals surface area (Å²) in [7, 11) is 0. The van der Waals surface area contributed by atoms with Crippen molar-refractivity contribution in [1.29, 1.82) is 0 Å². The Bertz CT molecular complexity index is 310. The Kier molecular flexibility index (Phi) is 6.71. The van der Waals surface area contributed by atoms with E-state index < -0.39 is 0 Å². The summed E-state index contributed by atoms with van der Waals surface area (Å²) in [6.45, 7) is 11.0. The van der Waals surface area contributed by atoms with E-state index in [-0.39, 0.29) is 0 Å². The normalized spacial score (nSPS) is 10.5. The minimum atomic E-state index is 1.07. The Morgan fingerprint density at radius 1 is 1.12 bits per heavy atom. The lowest BCUT2D eigenvalue weighted by molar-refractivity contribution is 0.629. The quantitative estimate of drug-likeness (QED) is 0.695. The van der Waals surface area contributed by atoms with E-state index in [1.807, 2.05) is 0 Å². The zero-order valence-electron chi connectivity index (χ0n) is 11.5. The second-order valence-corrected chi connectivity index (χ2v) is 4.47. The van der Waals surface area contributed by atoms with Crippen LogP contribution in [0.1, 0.15) is 32.3 Å². The van der Waals surface area contributed by atoms with Gasteiger partial charge in [0.1, 0.15) is 0 Å². The number of benzene rings is 1. The number of para-hydroxylation sites is 1. The molecule has 0 aliphatic carbocycles. The minimum absolute atomic E-state index is 1.07. The van der Waals surface area contributed by atoms with Gasteiger partial charge in [0.05, 0.1) is 0 Å². The van der Waals surface area contributed by atoms with Crippen LogP contribution in [0.4, 0.5) is 5.69 Å². The molecule has 0 unspecified atom stereocenters. The highest BCUT2D eigenvalue weighted by molar-refractivity contribution is 5.52. The molecule has 0 amide bonds. The highest BCUT2D eigenvalue weighted by Crippen LogP contribution is 2.18. The van der Waals surface area contributed by atoms with E-state index >= 15 is 0 Å². The van der Waals surface area contributed by atoms with E-state index in [9.17, 15) is 0 Å². The molecule has 1 N–H and O–H groups in total. The second kappa shape index (κ2) is 8.13. The number of anilines is 1. The molecule has 1 aromatic rings. The molecule has 1 rings (SSSR count). The Labute approximate surface area is 106 Å². The van der Waals surface area contributed by atoms with Gasteiger partial charge in [-0.05, 0) is 38.4 Å². The van der Waals surface area contributed by atoms with Gasteiger partial charge in [0.15, 0.2) is 0 Å². The monoisotopic (exact) mass is 234 g/mol. The average Bonchev–Trinajstić information content (AvgIpc) is 2.35. The largest absolute Gasteiger partial charge is 0.370 e. The third kappa shape index (κ3) is 4.78. The summed E-state index contributed by atoms with van der Waals surface area (Å²) in [5.41, 5.74) is 2.73. The molecule has 0 saturated carbocycles. The Hall–Kier alpha value is -1.02. The molecule has 0 heterocycles. The highest BCUT2D eigenvalue weighted by Gasteiger charge is 2.05. The van der Waals surface area contributed by atoms with Crippen molar-refractivity contribution in [1.82, 2.24) is 5.32 Å². The third-order valence-electron chi connectivity index (χ3n) is 3.10. The molecule has 0 spiro atoms. The van der Waals surface area contributed by atoms with Crippen LogP contribution in [0.25, 0.3) is 0 Å². The second-order valence-electron chi connectivity index (χ2n) is 4.47. The molecular weight excluding hydrogens is 208 g/mol. The maximum atomic E-state index is 3.50. The van der Waals surface area contributed by atoms with Crippen molar-refractivity contribution < 1.29 is 0 Å². The Morgan fingerprint density at radius 2 is 1.88 bits per heavy atom. The van der Waals surface area contributed by atoms with E-state index in [1.165, 1.54) is 24.1 Å². The maximum Gasteiger partial charge on any atom is 0.0396 e. The first-order valence-corrected chi connectivity index (χ1v) is 6.80. The lowest BCUT2D eigenvalue weighted by Gasteiger charge is -2.25. The van der Waals surface area contributed by atoms with Gasteiger partial charge in [0.2, 0.25) is 0 Å². The van der Waals surface area contributed by atoms with Gasteiger partial charge in [0.25, 0.3) is 0 Å². The number of rotatable bonds is 8. The summed E-state index contributed by atoms with van der Waals surface area (Å²) in [6, 6.07) is 8.62. The molecule has 0 saturated heterocycles. The molecule has 1 aromatic carbocycles. The van der Waals surface area contributed by atoms with Gasteiger partial charge in [-0.2, -0.15) is 0 Å². The molecular formula is C15H26N2. The van der Waals surface area contributed by atoms with Crippen LogP contribution >= 0.6 is 0 Å². The molecule has 0 aliphatic heterocycles. The van der Waals surface area contributed by atoms with Gasteiger partial charge in [-0.25, -0.2) is 0 Å². The van der Waals surface area contributed by atoms with Crippen molar-refractivity contribution in [3.05, 3.63) is 29.8 Å². The van der Waals surface area contributed by atoms with Gasteiger partial charge in [0, 0.05) is 25.3 Å². The fourth-order valence-corrected chi connectivity index (χ4v) is 2.01. The van der Waals surface area contributed by atoms with Crippen molar-refractivity contribution in [3.63, 3.8) is 0 Å². The zero-order valence-corrected chi connectivity index (χ0v) is 11.5. The highest BCUT2D eigenvalue weighted by atomic mass is 15.1. The van der Waals surface area contributed by atoms with Gasteiger partial charge >= 0.3 is 0 Å². The van der Waals surface area contributed by atoms with E-state index in [1.54, 1.807) is 0 Å². The Balaban J connectivity index is 2.41. The summed E-state index contributed by atoms with van der Waals surface area (Å²) < 4.78 is 0. The molecule has 17 heavy (non-hydrogen) atoms. The van der Waals surface area contributed by atoms with Crippen LogP contribution in [-0.4, -0.2) is 26.2 Å². The number of nitrogens with one attached hydrogen (secondary N) is 1. The molecule has 0 atom stereocenters. The number of likely N-dealkylation sites (N-methyl/N-ethyl adjacent to an activating group) is 1. The summed E-state index contributed by atoms with van der Waals surface area (Å²) in [5.74, 6) is 0. The molecule has 96 valence electrons. The topological polar surface area (TPSA) is 15.3 Å². The summed E-state index contributed by atoms with van der Waals surface area (Å²) in [5, 5.41) is 3.50. The molecule has 0 radical (unpaired) electrons. The van der Waals surface area contributed by atoms with Crippen LogP contribution in [0.5, 0.6) is 0 Å². The molecule has 0 aromatic heterocycles. The third-order valence-corrected chi connectivity index (χ3v) is 3.10. The smallest absolute Gasteiger partial charge is 0.0396 e. The summed E-state index contributed by atoms with van der Waals surface area (Å²) >= 11 is 0. The van der Waals surface area contributed by atoms with Crippen molar-refractivity contribution in [2.75, 3.05) is 31.1 Å². The van der Waals surface area contributed by atoms with E-state index in [4.69, 9.17) is 0 Å². The summed E-state index contributed by atoms with van der Waals surface area (Å²) in [6.07, 6.45) is 2.54. The molecule has 2 heteroatoms. The van der Waals surface area contributed by atoms with Gasteiger partial charge in [-0.15, -0.1) is 0 Å². The van der Waals surface area contributed by atoms with Gasteiger partial charge < -0.3 is 10.2 Å². The zero-order chi connectivity index (χ0) is 12.5. The van der Waals surface area contributed by atoms with E-state index in [0.29, 0.717) is 0 Å². The van der Waals surface area contributed by atoms with Crippen molar-refractivity contribution in [3.8, 4) is 0 Å². The number of hydrogen-bond acceptors (Lipinski definition) is 2. The van der Waals surface area contributed by atoms with Crippen LogP contribution in [0.3, 0.4) is 0 Å². The fraction of sp³-hybridized carbons (Fsp3) is 0.600. The first kappa shape index (κ1) is 14.0. The van der Waals surface area contributed by atoms with Crippen LogP contribution in [0.2, 0.25) is 0 Å². The van der Waals surface area contributed by atoms with Crippen LogP contribution in [0.15, 0.2) is 24.3 Å². The van der Waals surface area contributed by atoms with Crippen molar-refractivity contribution in [2.45, 2.75) is 33.6 Å². The van der Waals surface area contributed by atoms with Crippen LogP contribution in [0, 0.1) is 6.92 Å². The number of aryl methyl sites for hydroxylation is 1. The van der Waals surface area contributed by atoms with Crippen molar-refractivity contribution >= 4 is 5.69 Å². The standard InChI is InChI=1S/C15H26N2/c1-4-6-11-16-12-13-17(5-2)15-10-8-7-9-14(15)3/h7-10,16H,4-6,11-13H2,1-3H3. The molecule has 0 bridgehead atoms. The molecule has 0 aliphatic rings. The first-order valence-electron chi connectivity index (χ1n) is 6.80. The number of hydrogen-bond donors (Lipinski definition) is 1. The SMILES string of the molecule is CCCCNCCN(CC)c1ccccc1C. The van der Waals surface area contributed by atoms with Crippen LogP contribution < -0.4 is 10.2 Å². The first-order chi connectivity index (χ1) is 8.29. The summed E-state index contributed by atoms with van der Waals surface area (Å²) in [4.78, 5) is 2.44. The van der Waals surface area contributed by atoms with Crippen LogP contribution in [-0.2, 0) is 0 Å². The number of nitrogens with zero attached hydrogens (tertiary/aromatic N) is 1. The molecule has 0 fully saturated rings. The minimum Gasteiger partial charge on any atom is -0.370 e. The number of unbranched alkanes of at least 4 members (excludes halogenated alkanes) is 1. The maximum absolute atomic E-state index is 3.50. The molecule has 2 nitrogen and oxygen atoms in total. The van der Waals surface area contributed by atoms with E-state index in [2.05, 4.69) is 55.3 Å².